The van der Waals surface area contributed by atoms with Crippen molar-refractivity contribution in [3.63, 3.8) is 0 Å². The fourth-order valence-corrected chi connectivity index (χ4v) is 3.17. The van der Waals surface area contributed by atoms with Crippen LogP contribution in [0.1, 0.15) is 79.0 Å². The average Bonchev–Trinajstić information content (AvgIpc) is 2.73. The summed E-state index contributed by atoms with van der Waals surface area (Å²) in [7, 11) is 0. The van der Waals surface area contributed by atoms with Crippen molar-refractivity contribution in [2.45, 2.75) is 58.3 Å². The maximum atomic E-state index is 12.6. The van der Waals surface area contributed by atoms with Gasteiger partial charge >= 0.3 is 5.97 Å². The third-order valence-corrected chi connectivity index (χ3v) is 4.79. The fraction of sp³-hybridized carbons (Fsp3) is 0.417. The maximum Gasteiger partial charge on any atom is 0.336 e. The summed E-state index contributed by atoms with van der Waals surface area (Å²) < 4.78 is 5.87. The fourth-order valence-electron chi connectivity index (χ4n) is 3.17. The Labute approximate surface area is 173 Å². The molecule has 2 N–H and O–H groups in total. The molecule has 0 unspecified atom stereocenters. The van der Waals surface area contributed by atoms with E-state index in [0.29, 0.717) is 18.0 Å². The summed E-state index contributed by atoms with van der Waals surface area (Å²) in [4.78, 5) is 23.9. The van der Waals surface area contributed by atoms with Crippen molar-refractivity contribution in [3.05, 3.63) is 59.7 Å². The molecule has 0 saturated carbocycles. The SMILES string of the molecule is CCCCCCCCCCOc1ccccc1NC(=O)c1ccccc1C(=O)O. The smallest absolute Gasteiger partial charge is 0.336 e. The van der Waals surface area contributed by atoms with E-state index in [0.717, 1.165) is 12.8 Å². The molecule has 0 fully saturated rings. The molecule has 0 aliphatic carbocycles. The summed E-state index contributed by atoms with van der Waals surface area (Å²) in [5.74, 6) is -1.00. The lowest BCUT2D eigenvalue weighted by atomic mass is 10.1. The van der Waals surface area contributed by atoms with Gasteiger partial charge in [-0.15, -0.1) is 0 Å². The van der Waals surface area contributed by atoms with Gasteiger partial charge in [0.15, 0.2) is 0 Å². The topological polar surface area (TPSA) is 75.6 Å². The van der Waals surface area contributed by atoms with E-state index in [9.17, 15) is 14.7 Å². The van der Waals surface area contributed by atoms with Gasteiger partial charge in [-0.25, -0.2) is 4.79 Å². The summed E-state index contributed by atoms with van der Waals surface area (Å²) in [6.45, 7) is 2.82. The number of carboxylic acids is 1. The van der Waals surface area contributed by atoms with Gasteiger partial charge in [-0.05, 0) is 30.7 Å². The standard InChI is InChI=1S/C24H31NO4/c1-2-3-4-5-6-7-8-13-18-29-22-17-12-11-16-21(22)25-23(26)19-14-9-10-15-20(19)24(27)28/h9-12,14-17H,2-8,13,18H2,1H3,(H,25,26)(H,27,28). The van der Waals surface area contributed by atoms with Gasteiger partial charge < -0.3 is 15.2 Å². The monoisotopic (exact) mass is 397 g/mol. The molecular weight excluding hydrogens is 366 g/mol. The lowest BCUT2D eigenvalue weighted by molar-refractivity contribution is 0.0692. The molecule has 156 valence electrons. The second kappa shape index (κ2) is 12.6. The molecule has 2 rings (SSSR count). The zero-order valence-electron chi connectivity index (χ0n) is 17.2. The Morgan fingerprint density at radius 3 is 2.10 bits per heavy atom. The number of carbonyl (C=O) groups is 2. The highest BCUT2D eigenvalue weighted by atomic mass is 16.5. The van der Waals surface area contributed by atoms with Crippen LogP contribution >= 0.6 is 0 Å². The Morgan fingerprint density at radius 1 is 0.828 bits per heavy atom. The number of carbonyl (C=O) groups excluding carboxylic acids is 1. The Hall–Kier alpha value is -2.82. The van der Waals surface area contributed by atoms with E-state index in [1.165, 1.54) is 50.7 Å². The van der Waals surface area contributed by atoms with Crippen LogP contribution in [0.4, 0.5) is 5.69 Å². The van der Waals surface area contributed by atoms with Crippen LogP contribution in [0.5, 0.6) is 5.75 Å². The van der Waals surface area contributed by atoms with Crippen LogP contribution in [0.3, 0.4) is 0 Å². The van der Waals surface area contributed by atoms with Crippen LogP contribution in [0.15, 0.2) is 48.5 Å². The largest absolute Gasteiger partial charge is 0.491 e. The summed E-state index contributed by atoms with van der Waals surface area (Å²) >= 11 is 0. The lowest BCUT2D eigenvalue weighted by Crippen LogP contribution is -2.17. The third-order valence-electron chi connectivity index (χ3n) is 4.79. The molecule has 1 amide bonds. The van der Waals surface area contributed by atoms with Crippen LogP contribution in [-0.4, -0.2) is 23.6 Å². The molecule has 2 aromatic rings. The number of nitrogens with one attached hydrogen (secondary N) is 1. The van der Waals surface area contributed by atoms with Crippen molar-refractivity contribution >= 4 is 17.6 Å². The Kier molecular flexibility index (Phi) is 9.76. The lowest BCUT2D eigenvalue weighted by Gasteiger charge is -2.13. The highest BCUT2D eigenvalue weighted by molar-refractivity contribution is 6.11. The Bertz CT molecular complexity index is 788. The molecule has 0 aliphatic heterocycles. The minimum absolute atomic E-state index is 0.0256. The first-order valence-corrected chi connectivity index (χ1v) is 10.5. The summed E-state index contributed by atoms with van der Waals surface area (Å²) in [6.07, 6.45) is 9.82. The molecule has 0 aromatic heterocycles. The molecule has 2 aromatic carbocycles. The number of ether oxygens (including phenoxy) is 1. The first-order chi connectivity index (χ1) is 14.1. The van der Waals surface area contributed by atoms with Crippen molar-refractivity contribution in [1.29, 1.82) is 0 Å². The first kappa shape index (κ1) is 22.5. The molecule has 5 nitrogen and oxygen atoms in total. The van der Waals surface area contributed by atoms with Gasteiger partial charge in [0.2, 0.25) is 0 Å². The van der Waals surface area contributed by atoms with Gasteiger partial charge in [0.05, 0.1) is 23.4 Å². The number of para-hydroxylation sites is 2. The van der Waals surface area contributed by atoms with Gasteiger partial charge in [-0.1, -0.05) is 76.1 Å². The molecule has 0 aliphatic rings. The summed E-state index contributed by atoms with van der Waals surface area (Å²) in [5, 5.41) is 12.1. The molecule has 0 saturated heterocycles. The van der Waals surface area contributed by atoms with Crippen LogP contribution in [0, 0.1) is 0 Å². The van der Waals surface area contributed by atoms with E-state index in [1.54, 1.807) is 18.2 Å². The van der Waals surface area contributed by atoms with E-state index in [4.69, 9.17) is 4.74 Å². The molecule has 0 radical (unpaired) electrons. The average molecular weight is 398 g/mol. The van der Waals surface area contributed by atoms with Gasteiger partial charge in [0.1, 0.15) is 5.75 Å². The number of hydrogen-bond donors (Lipinski definition) is 2. The third kappa shape index (κ3) is 7.60. The Morgan fingerprint density at radius 2 is 1.41 bits per heavy atom. The second-order valence-electron chi connectivity index (χ2n) is 7.12. The number of hydrogen-bond acceptors (Lipinski definition) is 3. The van der Waals surface area contributed by atoms with Crippen LogP contribution in [0.25, 0.3) is 0 Å². The second-order valence-corrected chi connectivity index (χ2v) is 7.12. The quantitative estimate of drug-likeness (QED) is 0.397. The number of aromatic carboxylic acids is 1. The first-order valence-electron chi connectivity index (χ1n) is 10.5. The van der Waals surface area contributed by atoms with E-state index in [2.05, 4.69) is 12.2 Å². The van der Waals surface area contributed by atoms with Gasteiger partial charge in [-0.2, -0.15) is 0 Å². The van der Waals surface area contributed by atoms with Gasteiger partial charge in [-0.3, -0.25) is 4.79 Å². The van der Waals surface area contributed by atoms with Crippen LogP contribution < -0.4 is 10.1 Å². The van der Waals surface area contributed by atoms with E-state index < -0.39 is 11.9 Å². The minimum Gasteiger partial charge on any atom is -0.491 e. The number of rotatable bonds is 13. The Balaban J connectivity index is 1.85. The zero-order valence-corrected chi connectivity index (χ0v) is 17.2. The molecule has 0 atom stereocenters. The van der Waals surface area contributed by atoms with Gasteiger partial charge in [0, 0.05) is 0 Å². The van der Waals surface area contributed by atoms with Crippen molar-refractivity contribution in [3.8, 4) is 5.75 Å². The van der Waals surface area contributed by atoms with E-state index in [1.807, 2.05) is 18.2 Å². The normalized spacial score (nSPS) is 10.5. The molecular formula is C24H31NO4. The predicted molar refractivity (Wildman–Crippen MR) is 116 cm³/mol. The summed E-state index contributed by atoms with van der Waals surface area (Å²) in [5.41, 5.74) is 0.637. The molecule has 5 heteroatoms. The highest BCUT2D eigenvalue weighted by Crippen LogP contribution is 2.25. The number of benzene rings is 2. The van der Waals surface area contributed by atoms with E-state index >= 15 is 0 Å². The number of amides is 1. The molecule has 0 bridgehead atoms. The number of carboxylic acid groups (broad SMARTS) is 1. The number of anilines is 1. The van der Waals surface area contributed by atoms with Crippen molar-refractivity contribution < 1.29 is 19.4 Å². The molecule has 0 spiro atoms. The maximum absolute atomic E-state index is 12.6. The van der Waals surface area contributed by atoms with Crippen LogP contribution in [-0.2, 0) is 0 Å². The highest BCUT2D eigenvalue weighted by Gasteiger charge is 2.17. The summed E-state index contributed by atoms with van der Waals surface area (Å²) in [6, 6.07) is 13.4. The van der Waals surface area contributed by atoms with Crippen molar-refractivity contribution in [2.75, 3.05) is 11.9 Å². The molecule has 0 heterocycles. The van der Waals surface area contributed by atoms with Gasteiger partial charge in [0.25, 0.3) is 5.91 Å². The molecule has 29 heavy (non-hydrogen) atoms. The van der Waals surface area contributed by atoms with Crippen molar-refractivity contribution in [1.82, 2.24) is 0 Å². The van der Waals surface area contributed by atoms with Crippen LogP contribution in [0.2, 0.25) is 0 Å². The van der Waals surface area contributed by atoms with Crippen molar-refractivity contribution in [2.24, 2.45) is 0 Å². The minimum atomic E-state index is -1.13. The number of unbranched alkanes of at least 4 members (excludes halogenated alkanes) is 7. The van der Waals surface area contributed by atoms with E-state index in [-0.39, 0.29) is 11.1 Å². The zero-order chi connectivity index (χ0) is 20.9. The predicted octanol–water partition coefficient (Wildman–Crippen LogP) is 6.16.